The average molecular weight is 175 g/mol. The van der Waals surface area contributed by atoms with Gasteiger partial charge in [0.1, 0.15) is 0 Å². The Balaban J connectivity index is 3.67. The Kier molecular flexibility index (Phi) is 4.66. The summed E-state index contributed by atoms with van der Waals surface area (Å²) in [6, 6.07) is 0. The van der Waals surface area contributed by atoms with Crippen LogP contribution in [-0.4, -0.2) is 30.5 Å². The molecule has 4 nitrogen and oxygen atoms in total. The van der Waals surface area contributed by atoms with E-state index in [9.17, 15) is 9.90 Å². The Labute approximate surface area is 72.9 Å². The van der Waals surface area contributed by atoms with Crippen molar-refractivity contribution in [2.75, 3.05) is 13.7 Å². The molecule has 0 heterocycles. The molecule has 2 N–H and O–H groups in total. The molecule has 0 saturated carbocycles. The van der Waals surface area contributed by atoms with Gasteiger partial charge in [0.05, 0.1) is 12.7 Å². The summed E-state index contributed by atoms with van der Waals surface area (Å²) in [5.74, 6) is 0. The Morgan fingerprint density at radius 3 is 2.67 bits per heavy atom. The third-order valence-electron chi connectivity index (χ3n) is 1.59. The summed E-state index contributed by atoms with van der Waals surface area (Å²) in [6.07, 6.45) is 1.04. The first kappa shape index (κ1) is 11.2. The molecule has 72 valence electrons. The number of carbonyl (C=O) groups is 1. The van der Waals surface area contributed by atoms with E-state index in [2.05, 4.69) is 10.1 Å². The summed E-state index contributed by atoms with van der Waals surface area (Å²) in [6.45, 7) is 3.90. The van der Waals surface area contributed by atoms with Crippen molar-refractivity contribution in [1.82, 2.24) is 5.32 Å². The van der Waals surface area contributed by atoms with Crippen molar-refractivity contribution in [2.45, 2.75) is 32.3 Å². The quantitative estimate of drug-likeness (QED) is 0.667. The highest BCUT2D eigenvalue weighted by Crippen LogP contribution is 2.09. The van der Waals surface area contributed by atoms with E-state index < -0.39 is 11.7 Å². The number of carbonyl (C=O) groups excluding carboxylic acids is 1. The molecule has 0 aliphatic carbocycles. The van der Waals surface area contributed by atoms with E-state index in [0.717, 1.165) is 6.42 Å². The van der Waals surface area contributed by atoms with Crippen molar-refractivity contribution in [3.05, 3.63) is 0 Å². The van der Waals surface area contributed by atoms with Crippen LogP contribution in [0.25, 0.3) is 0 Å². The van der Waals surface area contributed by atoms with Gasteiger partial charge in [0, 0.05) is 6.54 Å². The summed E-state index contributed by atoms with van der Waals surface area (Å²) in [5, 5.41) is 12.0. The van der Waals surface area contributed by atoms with Crippen LogP contribution in [0.2, 0.25) is 0 Å². The summed E-state index contributed by atoms with van der Waals surface area (Å²) in [4.78, 5) is 10.6. The monoisotopic (exact) mass is 175 g/mol. The van der Waals surface area contributed by atoms with Gasteiger partial charge in [-0.15, -0.1) is 0 Å². The largest absolute Gasteiger partial charge is 0.453 e. The third kappa shape index (κ3) is 4.96. The minimum Gasteiger partial charge on any atom is -0.453 e. The number of methoxy groups -OCH3 is 1. The van der Waals surface area contributed by atoms with Crippen LogP contribution < -0.4 is 5.32 Å². The molecule has 0 aromatic rings. The van der Waals surface area contributed by atoms with Crippen molar-refractivity contribution < 1.29 is 14.6 Å². The fourth-order valence-corrected chi connectivity index (χ4v) is 0.962. The number of ether oxygens (including phenoxy) is 1. The summed E-state index contributed by atoms with van der Waals surface area (Å²) >= 11 is 0. The Hall–Kier alpha value is -0.770. The fraction of sp³-hybridized carbons (Fsp3) is 0.875. The molecule has 0 bridgehead atoms. The SMILES string of the molecule is CCCC(C)(O)CNC(=O)OC. The maximum atomic E-state index is 10.6. The molecule has 0 aliphatic rings. The number of alkyl carbamates (subject to hydrolysis) is 1. The minimum atomic E-state index is -0.830. The molecule has 1 unspecified atom stereocenters. The van der Waals surface area contributed by atoms with E-state index in [4.69, 9.17) is 0 Å². The number of rotatable bonds is 4. The molecule has 0 aromatic heterocycles. The lowest BCUT2D eigenvalue weighted by Crippen LogP contribution is -2.40. The van der Waals surface area contributed by atoms with Gasteiger partial charge in [0.25, 0.3) is 0 Å². The van der Waals surface area contributed by atoms with Gasteiger partial charge in [-0.3, -0.25) is 0 Å². The lowest BCUT2D eigenvalue weighted by atomic mass is 10.0. The van der Waals surface area contributed by atoms with Gasteiger partial charge in [0.2, 0.25) is 0 Å². The molecule has 12 heavy (non-hydrogen) atoms. The lowest BCUT2D eigenvalue weighted by Gasteiger charge is -2.22. The first-order valence-electron chi connectivity index (χ1n) is 4.06. The van der Waals surface area contributed by atoms with E-state index >= 15 is 0 Å². The maximum Gasteiger partial charge on any atom is 0.406 e. The highest BCUT2D eigenvalue weighted by molar-refractivity contribution is 5.66. The van der Waals surface area contributed by atoms with Crippen molar-refractivity contribution in [1.29, 1.82) is 0 Å². The summed E-state index contributed by atoms with van der Waals surface area (Å²) < 4.78 is 4.36. The second kappa shape index (κ2) is 4.98. The van der Waals surface area contributed by atoms with Gasteiger partial charge < -0.3 is 15.2 Å². The van der Waals surface area contributed by atoms with E-state index in [1.165, 1.54) is 7.11 Å². The highest BCUT2D eigenvalue weighted by Gasteiger charge is 2.19. The fourth-order valence-electron chi connectivity index (χ4n) is 0.962. The van der Waals surface area contributed by atoms with Crippen molar-refractivity contribution in [3.63, 3.8) is 0 Å². The number of hydrogen-bond acceptors (Lipinski definition) is 3. The first-order chi connectivity index (χ1) is 5.52. The van der Waals surface area contributed by atoms with Crippen LogP contribution in [-0.2, 0) is 4.74 Å². The van der Waals surface area contributed by atoms with E-state index in [0.29, 0.717) is 6.42 Å². The highest BCUT2D eigenvalue weighted by atomic mass is 16.5. The van der Waals surface area contributed by atoms with Gasteiger partial charge in [-0.05, 0) is 13.3 Å². The molecule has 0 rings (SSSR count). The van der Waals surface area contributed by atoms with Crippen molar-refractivity contribution in [3.8, 4) is 0 Å². The molecule has 1 amide bonds. The van der Waals surface area contributed by atoms with Crippen LogP contribution in [0.1, 0.15) is 26.7 Å². The van der Waals surface area contributed by atoms with Gasteiger partial charge in [-0.25, -0.2) is 4.79 Å². The Morgan fingerprint density at radius 1 is 1.67 bits per heavy atom. The number of hydrogen-bond donors (Lipinski definition) is 2. The number of nitrogens with one attached hydrogen (secondary N) is 1. The van der Waals surface area contributed by atoms with Crippen LogP contribution in [0.5, 0.6) is 0 Å². The average Bonchev–Trinajstić information content (AvgIpc) is 2.00. The molecule has 0 aromatic carbocycles. The second-order valence-corrected chi connectivity index (χ2v) is 3.09. The maximum absolute atomic E-state index is 10.6. The van der Waals surface area contributed by atoms with Gasteiger partial charge in [-0.1, -0.05) is 13.3 Å². The van der Waals surface area contributed by atoms with Crippen LogP contribution in [0.4, 0.5) is 4.79 Å². The van der Waals surface area contributed by atoms with Crippen LogP contribution >= 0.6 is 0 Å². The van der Waals surface area contributed by atoms with Gasteiger partial charge >= 0.3 is 6.09 Å². The molecule has 0 aliphatic heterocycles. The normalized spacial score (nSPS) is 15.0. The minimum absolute atomic E-state index is 0.230. The van der Waals surface area contributed by atoms with Gasteiger partial charge in [0.15, 0.2) is 0 Å². The van der Waals surface area contributed by atoms with Crippen molar-refractivity contribution in [2.24, 2.45) is 0 Å². The predicted octanol–water partition coefficient (Wildman–Crippen LogP) is 0.894. The zero-order valence-corrected chi connectivity index (χ0v) is 7.89. The topological polar surface area (TPSA) is 58.6 Å². The van der Waals surface area contributed by atoms with E-state index in [1.807, 2.05) is 6.92 Å². The molecule has 0 spiro atoms. The molecule has 0 saturated heterocycles. The molecule has 1 atom stereocenters. The van der Waals surface area contributed by atoms with Crippen LogP contribution in [0.3, 0.4) is 0 Å². The Morgan fingerprint density at radius 2 is 2.25 bits per heavy atom. The summed E-state index contributed by atoms with van der Waals surface area (Å²) in [7, 11) is 1.30. The van der Waals surface area contributed by atoms with Crippen LogP contribution in [0, 0.1) is 0 Å². The smallest absolute Gasteiger partial charge is 0.406 e. The first-order valence-corrected chi connectivity index (χ1v) is 4.06. The molecular weight excluding hydrogens is 158 g/mol. The molecule has 4 heteroatoms. The summed E-state index contributed by atoms with van der Waals surface area (Å²) in [5.41, 5.74) is -0.830. The zero-order valence-electron chi connectivity index (χ0n) is 7.89. The van der Waals surface area contributed by atoms with Crippen molar-refractivity contribution >= 4 is 6.09 Å². The van der Waals surface area contributed by atoms with E-state index in [-0.39, 0.29) is 6.54 Å². The molecular formula is C8H17NO3. The predicted molar refractivity (Wildman–Crippen MR) is 45.9 cm³/mol. The lowest BCUT2D eigenvalue weighted by molar-refractivity contribution is 0.0488. The molecule has 0 fully saturated rings. The van der Waals surface area contributed by atoms with Gasteiger partial charge in [-0.2, -0.15) is 0 Å². The number of aliphatic hydroxyl groups is 1. The van der Waals surface area contributed by atoms with E-state index in [1.54, 1.807) is 6.92 Å². The standard InChI is InChI=1S/C8H17NO3/c1-4-5-8(2,11)6-9-7(10)12-3/h11H,4-6H2,1-3H3,(H,9,10). The zero-order chi connectivity index (χ0) is 9.61. The van der Waals surface area contributed by atoms with Crippen LogP contribution in [0.15, 0.2) is 0 Å². The third-order valence-corrected chi connectivity index (χ3v) is 1.59. The molecule has 0 radical (unpaired) electrons. The Bertz CT molecular complexity index is 145. The number of amides is 1. The second-order valence-electron chi connectivity index (χ2n) is 3.09.